The SMILES string of the molecule is COc1ccccc1N(C)CC(=O)Nc1c(Cl)cc(Cl)cc1Cl. The molecule has 0 atom stereocenters. The molecule has 0 radical (unpaired) electrons. The van der Waals surface area contributed by atoms with Crippen LogP contribution < -0.4 is 15.0 Å². The summed E-state index contributed by atoms with van der Waals surface area (Å²) >= 11 is 18.0. The van der Waals surface area contributed by atoms with Crippen LogP contribution in [0.5, 0.6) is 5.75 Å². The number of ether oxygens (including phenoxy) is 1. The third-order valence-electron chi connectivity index (χ3n) is 3.15. The Morgan fingerprint density at radius 2 is 1.78 bits per heavy atom. The molecule has 7 heteroatoms. The van der Waals surface area contributed by atoms with Crippen LogP contribution in [0.1, 0.15) is 0 Å². The van der Waals surface area contributed by atoms with Crippen molar-refractivity contribution >= 4 is 52.1 Å². The summed E-state index contributed by atoms with van der Waals surface area (Å²) in [5.41, 5.74) is 1.15. The van der Waals surface area contributed by atoms with Crippen LogP contribution in [0.4, 0.5) is 11.4 Å². The van der Waals surface area contributed by atoms with E-state index in [1.807, 2.05) is 24.3 Å². The van der Waals surface area contributed by atoms with Gasteiger partial charge in [-0.3, -0.25) is 4.79 Å². The summed E-state index contributed by atoms with van der Waals surface area (Å²) in [5, 5.41) is 3.68. The Balaban J connectivity index is 2.11. The molecule has 0 aliphatic carbocycles. The average molecular weight is 374 g/mol. The van der Waals surface area contributed by atoms with Gasteiger partial charge in [-0.1, -0.05) is 46.9 Å². The van der Waals surface area contributed by atoms with E-state index >= 15 is 0 Å². The van der Waals surface area contributed by atoms with Gasteiger partial charge in [-0.25, -0.2) is 0 Å². The van der Waals surface area contributed by atoms with Gasteiger partial charge in [0.25, 0.3) is 0 Å². The molecule has 0 unspecified atom stereocenters. The van der Waals surface area contributed by atoms with Crippen molar-refractivity contribution in [3.05, 3.63) is 51.5 Å². The van der Waals surface area contributed by atoms with Gasteiger partial charge in [-0.05, 0) is 24.3 Å². The highest BCUT2D eigenvalue weighted by Gasteiger charge is 2.15. The van der Waals surface area contributed by atoms with Crippen molar-refractivity contribution in [3.8, 4) is 5.75 Å². The molecule has 0 saturated carbocycles. The first-order chi connectivity index (χ1) is 10.9. The summed E-state index contributed by atoms with van der Waals surface area (Å²) in [6.07, 6.45) is 0. The molecule has 122 valence electrons. The van der Waals surface area contributed by atoms with E-state index in [9.17, 15) is 4.79 Å². The van der Waals surface area contributed by atoms with E-state index in [1.165, 1.54) is 12.1 Å². The average Bonchev–Trinajstić information content (AvgIpc) is 2.50. The Labute approximate surface area is 149 Å². The van der Waals surface area contributed by atoms with Crippen LogP contribution in [0.25, 0.3) is 0 Å². The lowest BCUT2D eigenvalue weighted by molar-refractivity contribution is -0.114. The maximum atomic E-state index is 12.2. The fourth-order valence-corrected chi connectivity index (χ4v) is 3.00. The molecular weight excluding hydrogens is 359 g/mol. The lowest BCUT2D eigenvalue weighted by Crippen LogP contribution is -2.30. The maximum absolute atomic E-state index is 12.2. The van der Waals surface area contributed by atoms with Crippen LogP contribution >= 0.6 is 34.8 Å². The van der Waals surface area contributed by atoms with Crippen molar-refractivity contribution in [1.82, 2.24) is 0 Å². The molecule has 2 aromatic rings. The second-order valence-electron chi connectivity index (χ2n) is 4.82. The van der Waals surface area contributed by atoms with Gasteiger partial charge < -0.3 is 15.0 Å². The lowest BCUT2D eigenvalue weighted by Gasteiger charge is -2.21. The molecular formula is C16H15Cl3N2O2. The van der Waals surface area contributed by atoms with E-state index in [4.69, 9.17) is 39.5 Å². The third-order valence-corrected chi connectivity index (χ3v) is 3.96. The molecule has 2 aromatic carbocycles. The number of amides is 1. The number of para-hydroxylation sites is 2. The van der Waals surface area contributed by atoms with Crippen molar-refractivity contribution in [1.29, 1.82) is 0 Å². The van der Waals surface area contributed by atoms with Gasteiger partial charge in [0.2, 0.25) is 5.91 Å². The quantitative estimate of drug-likeness (QED) is 0.824. The van der Waals surface area contributed by atoms with E-state index in [0.29, 0.717) is 16.5 Å². The first-order valence-corrected chi connectivity index (χ1v) is 7.84. The fraction of sp³-hybridized carbons (Fsp3) is 0.188. The van der Waals surface area contributed by atoms with Crippen molar-refractivity contribution in [2.75, 3.05) is 30.9 Å². The Kier molecular flexibility index (Phi) is 5.99. The first kappa shape index (κ1) is 17.7. The number of nitrogens with one attached hydrogen (secondary N) is 1. The number of anilines is 2. The van der Waals surface area contributed by atoms with Crippen LogP contribution in [0.15, 0.2) is 36.4 Å². The summed E-state index contributed by atoms with van der Waals surface area (Å²) in [7, 11) is 3.38. The molecule has 0 saturated heterocycles. The van der Waals surface area contributed by atoms with E-state index in [-0.39, 0.29) is 22.5 Å². The van der Waals surface area contributed by atoms with Gasteiger partial charge in [-0.15, -0.1) is 0 Å². The molecule has 4 nitrogen and oxygen atoms in total. The van der Waals surface area contributed by atoms with Gasteiger partial charge in [0.1, 0.15) is 5.75 Å². The zero-order chi connectivity index (χ0) is 17.0. The molecule has 2 rings (SSSR count). The number of halogens is 3. The Hall–Kier alpha value is -1.62. The van der Waals surface area contributed by atoms with Crippen LogP contribution in [0.3, 0.4) is 0 Å². The van der Waals surface area contributed by atoms with Crippen LogP contribution in [-0.4, -0.2) is 26.6 Å². The predicted molar refractivity (Wildman–Crippen MR) is 96.4 cm³/mol. The molecule has 1 N–H and O–H groups in total. The molecule has 1 amide bonds. The van der Waals surface area contributed by atoms with Crippen molar-refractivity contribution in [2.45, 2.75) is 0 Å². The molecule has 0 aliphatic rings. The number of nitrogens with zero attached hydrogens (tertiary/aromatic N) is 1. The summed E-state index contributed by atoms with van der Waals surface area (Å²) in [4.78, 5) is 14.0. The number of methoxy groups -OCH3 is 1. The van der Waals surface area contributed by atoms with Crippen LogP contribution in [-0.2, 0) is 4.79 Å². The molecule has 23 heavy (non-hydrogen) atoms. The normalized spacial score (nSPS) is 10.3. The minimum atomic E-state index is -0.260. The van der Waals surface area contributed by atoms with E-state index in [2.05, 4.69) is 5.32 Å². The zero-order valence-electron chi connectivity index (χ0n) is 12.6. The van der Waals surface area contributed by atoms with E-state index in [0.717, 1.165) is 5.69 Å². The van der Waals surface area contributed by atoms with Crippen molar-refractivity contribution in [3.63, 3.8) is 0 Å². The van der Waals surface area contributed by atoms with Gasteiger partial charge in [0.15, 0.2) is 0 Å². The van der Waals surface area contributed by atoms with Gasteiger partial charge in [0.05, 0.1) is 35.1 Å². The molecule has 0 spiro atoms. The number of carbonyl (C=O) groups is 1. The van der Waals surface area contributed by atoms with Gasteiger partial charge in [-0.2, -0.15) is 0 Å². The number of hydrogen-bond donors (Lipinski definition) is 1. The molecule has 0 aromatic heterocycles. The molecule has 0 bridgehead atoms. The highest BCUT2D eigenvalue weighted by atomic mass is 35.5. The highest BCUT2D eigenvalue weighted by molar-refractivity contribution is 6.42. The van der Waals surface area contributed by atoms with E-state index in [1.54, 1.807) is 19.1 Å². The standard InChI is InChI=1S/C16H15Cl3N2O2/c1-21(13-5-3-4-6-14(13)23-2)9-15(22)20-16-11(18)7-10(17)8-12(16)19/h3-8H,9H2,1-2H3,(H,20,22). The second-order valence-corrected chi connectivity index (χ2v) is 6.07. The predicted octanol–water partition coefficient (Wildman–Crippen LogP) is 4.73. The third kappa shape index (κ3) is 4.44. The topological polar surface area (TPSA) is 41.6 Å². The Morgan fingerprint density at radius 3 is 2.39 bits per heavy atom. The first-order valence-electron chi connectivity index (χ1n) is 6.71. The van der Waals surface area contributed by atoms with Crippen molar-refractivity contribution < 1.29 is 9.53 Å². The van der Waals surface area contributed by atoms with Crippen LogP contribution in [0, 0.1) is 0 Å². The maximum Gasteiger partial charge on any atom is 0.243 e. The van der Waals surface area contributed by atoms with Crippen LogP contribution in [0.2, 0.25) is 15.1 Å². The number of carbonyl (C=O) groups excluding carboxylic acids is 1. The molecule has 0 heterocycles. The lowest BCUT2D eigenvalue weighted by atomic mass is 10.2. The summed E-state index contributed by atoms with van der Waals surface area (Å²) < 4.78 is 5.29. The largest absolute Gasteiger partial charge is 0.495 e. The summed E-state index contributed by atoms with van der Waals surface area (Å²) in [6.45, 7) is 0.107. The molecule has 0 aliphatic heterocycles. The minimum Gasteiger partial charge on any atom is -0.495 e. The number of rotatable bonds is 5. The summed E-state index contributed by atoms with van der Waals surface area (Å²) in [5.74, 6) is 0.426. The minimum absolute atomic E-state index is 0.107. The number of hydrogen-bond acceptors (Lipinski definition) is 3. The van der Waals surface area contributed by atoms with E-state index < -0.39 is 0 Å². The smallest absolute Gasteiger partial charge is 0.243 e. The number of likely N-dealkylation sites (N-methyl/N-ethyl adjacent to an activating group) is 1. The Morgan fingerprint density at radius 1 is 1.17 bits per heavy atom. The fourth-order valence-electron chi connectivity index (χ4n) is 2.09. The number of benzene rings is 2. The zero-order valence-corrected chi connectivity index (χ0v) is 14.8. The van der Waals surface area contributed by atoms with Crippen molar-refractivity contribution in [2.24, 2.45) is 0 Å². The Bertz CT molecular complexity index is 699. The van der Waals surface area contributed by atoms with Gasteiger partial charge in [0, 0.05) is 12.1 Å². The highest BCUT2D eigenvalue weighted by Crippen LogP contribution is 2.33. The monoisotopic (exact) mass is 372 g/mol. The molecule has 0 fully saturated rings. The second kappa shape index (κ2) is 7.77. The van der Waals surface area contributed by atoms with Gasteiger partial charge >= 0.3 is 0 Å². The summed E-state index contributed by atoms with van der Waals surface area (Å²) in [6, 6.07) is 10.5.